The average Bonchev–Trinajstić information content (AvgIpc) is 3.58. The largest absolute Gasteiger partial charge is 0.341 e. The van der Waals surface area contributed by atoms with Crippen LogP contribution in [0.1, 0.15) is 24.3 Å². The molecule has 1 saturated heterocycles. The van der Waals surface area contributed by atoms with Crippen molar-refractivity contribution in [1.82, 2.24) is 19.4 Å². The lowest BCUT2D eigenvalue weighted by molar-refractivity contribution is -0.130. The second kappa shape index (κ2) is 9.74. The summed E-state index contributed by atoms with van der Waals surface area (Å²) in [6.07, 6.45) is 3.34. The zero-order chi connectivity index (χ0) is 26.4. The molecule has 7 nitrogen and oxygen atoms in total. The molecule has 38 heavy (non-hydrogen) atoms. The van der Waals surface area contributed by atoms with Crippen LogP contribution in [0.25, 0.3) is 27.8 Å². The second-order valence-electron chi connectivity index (χ2n) is 9.39. The molecule has 3 heterocycles. The molecule has 2 atom stereocenters. The fourth-order valence-corrected chi connectivity index (χ4v) is 5.19. The molecule has 1 unspecified atom stereocenters. The van der Waals surface area contributed by atoms with E-state index in [1.54, 1.807) is 24.0 Å². The van der Waals surface area contributed by atoms with Crippen LogP contribution in [-0.2, 0) is 16.0 Å². The Morgan fingerprint density at radius 1 is 0.947 bits per heavy atom. The van der Waals surface area contributed by atoms with Gasteiger partial charge in [0.1, 0.15) is 11.9 Å². The number of H-pyrrole nitrogens is 2. The van der Waals surface area contributed by atoms with Gasteiger partial charge in [0.15, 0.2) is 6.23 Å². The van der Waals surface area contributed by atoms with Crippen LogP contribution in [0.15, 0.2) is 88.4 Å². The fourth-order valence-electron chi connectivity index (χ4n) is 4.93. The van der Waals surface area contributed by atoms with Gasteiger partial charge in [-0.05, 0) is 73.0 Å². The van der Waals surface area contributed by atoms with Gasteiger partial charge in [-0.25, -0.2) is 9.18 Å². The summed E-state index contributed by atoms with van der Waals surface area (Å²) in [6, 6.07) is 20.0. The molecule has 0 saturated carbocycles. The molecular weight excluding hydrogens is 551 g/mol. The third kappa shape index (κ3) is 4.59. The van der Waals surface area contributed by atoms with E-state index in [9.17, 15) is 14.0 Å². The van der Waals surface area contributed by atoms with Crippen LogP contribution >= 0.6 is 15.9 Å². The summed E-state index contributed by atoms with van der Waals surface area (Å²) in [4.78, 5) is 32.1. The summed E-state index contributed by atoms with van der Waals surface area (Å²) >= 11 is 3.48. The molecule has 0 spiro atoms. The van der Waals surface area contributed by atoms with Gasteiger partial charge in [-0.1, -0.05) is 34.1 Å². The maximum Gasteiger partial charge on any atom is 0.323 e. The molecule has 0 radical (unpaired) electrons. The van der Waals surface area contributed by atoms with E-state index in [1.807, 2.05) is 59.4 Å². The van der Waals surface area contributed by atoms with Crippen molar-refractivity contribution in [2.45, 2.75) is 25.7 Å². The first-order chi connectivity index (χ1) is 18.4. The van der Waals surface area contributed by atoms with Gasteiger partial charge in [-0.15, -0.1) is 0 Å². The van der Waals surface area contributed by atoms with Gasteiger partial charge in [-0.2, -0.15) is 0 Å². The highest BCUT2D eigenvalue weighted by molar-refractivity contribution is 9.10. The van der Waals surface area contributed by atoms with Crippen LogP contribution in [0.5, 0.6) is 0 Å². The van der Waals surface area contributed by atoms with Crippen LogP contribution in [-0.4, -0.2) is 38.0 Å². The number of aromatic nitrogens is 3. The first-order valence-electron chi connectivity index (χ1n) is 12.3. The van der Waals surface area contributed by atoms with E-state index in [4.69, 9.17) is 4.74 Å². The van der Waals surface area contributed by atoms with Gasteiger partial charge in [0.25, 0.3) is 5.91 Å². The lowest BCUT2D eigenvalue weighted by Gasteiger charge is -2.24. The van der Waals surface area contributed by atoms with Gasteiger partial charge >= 0.3 is 5.69 Å². The Balaban J connectivity index is 1.36. The van der Waals surface area contributed by atoms with Crippen molar-refractivity contribution in [3.63, 3.8) is 0 Å². The van der Waals surface area contributed by atoms with E-state index in [2.05, 4.69) is 25.9 Å². The van der Waals surface area contributed by atoms with E-state index in [0.717, 1.165) is 43.4 Å². The number of rotatable bonds is 6. The topological polar surface area (TPSA) is 83.1 Å². The van der Waals surface area contributed by atoms with Crippen molar-refractivity contribution in [1.29, 1.82) is 0 Å². The molecule has 1 aliphatic heterocycles. The fraction of sp³-hybridized carbons (Fsp3) is 0.172. The standard InChI is InChI=1S/C29H24BrFN4O3/c1-17-27(36)35(13-12-18-2-11-25-26(14-18)33-29(37)32-25)28(38-17)24-16-34(22-9-5-20(30)6-10-22)15-23(24)19-3-7-21(31)8-4-19/h2-11,14-17,28H,12-13H2,1H3,(H2,32,33,37)/t17?,28-/m1/s1. The first-order valence-corrected chi connectivity index (χ1v) is 13.1. The third-order valence-electron chi connectivity index (χ3n) is 6.87. The number of hydrogen-bond acceptors (Lipinski definition) is 3. The van der Waals surface area contributed by atoms with Crippen molar-refractivity contribution in [2.24, 2.45) is 0 Å². The maximum atomic E-state index is 13.7. The van der Waals surface area contributed by atoms with Gasteiger partial charge in [-0.3, -0.25) is 4.79 Å². The zero-order valence-corrected chi connectivity index (χ0v) is 22.0. The summed E-state index contributed by atoms with van der Waals surface area (Å²) in [5, 5.41) is 0. The molecule has 0 aliphatic carbocycles. The van der Waals surface area contributed by atoms with Crippen LogP contribution in [0, 0.1) is 5.82 Å². The number of ether oxygens (including phenoxy) is 1. The average molecular weight is 575 g/mol. The van der Waals surface area contributed by atoms with Crippen LogP contribution in [0.2, 0.25) is 0 Å². The number of hydrogen-bond donors (Lipinski definition) is 2. The lowest BCUT2D eigenvalue weighted by Crippen LogP contribution is -2.32. The number of fused-ring (bicyclic) bond motifs is 1. The zero-order valence-electron chi connectivity index (χ0n) is 20.4. The van der Waals surface area contributed by atoms with E-state index in [0.29, 0.717) is 13.0 Å². The number of amides is 1. The Morgan fingerprint density at radius 2 is 1.68 bits per heavy atom. The normalized spacial score (nSPS) is 17.6. The van der Waals surface area contributed by atoms with E-state index >= 15 is 0 Å². The number of nitrogens with one attached hydrogen (secondary N) is 2. The molecule has 6 rings (SSSR count). The minimum absolute atomic E-state index is 0.0902. The van der Waals surface area contributed by atoms with Crippen molar-refractivity contribution in [3.8, 4) is 16.8 Å². The Labute approximate surface area is 226 Å². The van der Waals surface area contributed by atoms with Crippen LogP contribution in [0.3, 0.4) is 0 Å². The summed E-state index contributed by atoms with van der Waals surface area (Å²) in [5.41, 5.74) is 5.66. The van der Waals surface area contributed by atoms with Crippen molar-refractivity contribution >= 4 is 32.9 Å². The van der Waals surface area contributed by atoms with Gasteiger partial charge in [0, 0.05) is 40.2 Å². The Bertz CT molecular complexity index is 1690. The molecule has 192 valence electrons. The minimum atomic E-state index is -0.606. The van der Waals surface area contributed by atoms with Gasteiger partial charge in [0.2, 0.25) is 0 Å². The Hall–Kier alpha value is -3.95. The molecule has 3 aromatic carbocycles. The van der Waals surface area contributed by atoms with E-state index in [-0.39, 0.29) is 17.4 Å². The number of nitrogens with zero attached hydrogens (tertiary/aromatic N) is 2. The van der Waals surface area contributed by atoms with Crippen molar-refractivity contribution in [3.05, 3.63) is 111 Å². The lowest BCUT2D eigenvalue weighted by atomic mass is 10.0. The predicted molar refractivity (Wildman–Crippen MR) is 146 cm³/mol. The van der Waals surface area contributed by atoms with Crippen molar-refractivity contribution in [2.75, 3.05) is 6.54 Å². The molecule has 9 heteroatoms. The molecule has 2 N–H and O–H groups in total. The highest BCUT2D eigenvalue weighted by Gasteiger charge is 2.40. The van der Waals surface area contributed by atoms with Crippen LogP contribution in [0.4, 0.5) is 4.39 Å². The highest BCUT2D eigenvalue weighted by Crippen LogP contribution is 2.39. The molecule has 5 aromatic rings. The monoisotopic (exact) mass is 574 g/mol. The first kappa shape index (κ1) is 24.4. The number of benzene rings is 3. The quantitative estimate of drug-likeness (QED) is 0.273. The highest BCUT2D eigenvalue weighted by atomic mass is 79.9. The smallest absolute Gasteiger partial charge is 0.323 e. The summed E-state index contributed by atoms with van der Waals surface area (Å²) in [6.45, 7) is 2.19. The van der Waals surface area contributed by atoms with Crippen molar-refractivity contribution < 1.29 is 13.9 Å². The molecule has 2 aromatic heterocycles. The van der Waals surface area contributed by atoms with Crippen LogP contribution < -0.4 is 5.69 Å². The second-order valence-corrected chi connectivity index (χ2v) is 10.3. The molecular formula is C29H24BrFN4O3. The minimum Gasteiger partial charge on any atom is -0.341 e. The molecule has 0 bridgehead atoms. The number of carbonyl (C=O) groups excluding carboxylic acids is 1. The Kier molecular flexibility index (Phi) is 6.25. The molecule has 1 fully saturated rings. The van der Waals surface area contributed by atoms with Gasteiger partial charge < -0.3 is 24.2 Å². The predicted octanol–water partition coefficient (Wildman–Crippen LogP) is 5.70. The molecule has 1 aliphatic rings. The Morgan fingerprint density at radius 3 is 2.45 bits per heavy atom. The molecule has 1 amide bonds. The van der Waals surface area contributed by atoms with Gasteiger partial charge in [0.05, 0.1) is 11.0 Å². The van der Waals surface area contributed by atoms with E-state index in [1.165, 1.54) is 12.1 Å². The summed E-state index contributed by atoms with van der Waals surface area (Å²) < 4.78 is 22.9. The maximum absolute atomic E-state index is 13.7. The number of imidazole rings is 1. The number of carbonyl (C=O) groups is 1. The van der Waals surface area contributed by atoms with E-state index < -0.39 is 12.3 Å². The SMILES string of the molecule is CC1O[C@H](c2cn(-c3ccc(Br)cc3)cc2-c2ccc(F)cc2)N(CCc2ccc3[nH]c(=O)[nH]c3c2)C1=O. The summed E-state index contributed by atoms with van der Waals surface area (Å²) in [7, 11) is 0. The third-order valence-corrected chi connectivity index (χ3v) is 7.40. The summed E-state index contributed by atoms with van der Waals surface area (Å²) in [5.74, 6) is -0.404. The number of aromatic amines is 2. The number of halogens is 2.